The summed E-state index contributed by atoms with van der Waals surface area (Å²) in [5.41, 5.74) is -2.62. The van der Waals surface area contributed by atoms with Crippen molar-refractivity contribution in [2.45, 2.75) is 13.3 Å². The third-order valence-electron chi connectivity index (χ3n) is 1.76. The third kappa shape index (κ3) is 1.61. The summed E-state index contributed by atoms with van der Waals surface area (Å²) in [6, 6.07) is 0. The molecule has 5 nitrogen and oxygen atoms in total. The molecular formula is C7H6F2N2O3. The molecule has 0 amide bonds. The maximum Gasteiger partial charge on any atom is 0.332 e. The van der Waals surface area contributed by atoms with Crippen LogP contribution in [-0.2, 0) is 0 Å². The van der Waals surface area contributed by atoms with E-state index in [-0.39, 0.29) is 5.56 Å². The molecule has 1 heterocycles. The van der Waals surface area contributed by atoms with Crippen molar-refractivity contribution in [1.29, 1.82) is 0 Å². The second kappa shape index (κ2) is 3.52. The predicted molar refractivity (Wildman–Crippen MR) is 43.4 cm³/mol. The molecule has 0 aliphatic carbocycles. The van der Waals surface area contributed by atoms with Gasteiger partial charge in [-0.15, -0.1) is 0 Å². The van der Waals surface area contributed by atoms with E-state index in [1.807, 2.05) is 4.98 Å². The minimum absolute atomic E-state index is 0.325. The molecule has 1 N–H and O–H groups in total. The number of hydrogen-bond acceptors (Lipinski definition) is 3. The summed E-state index contributed by atoms with van der Waals surface area (Å²) in [6.07, 6.45) is -2.17. The molecule has 0 aliphatic heterocycles. The molecule has 1 rings (SSSR count). The number of hydrogen-bond donors (Lipinski definition) is 1. The zero-order chi connectivity index (χ0) is 10.9. The molecule has 76 valence electrons. The molecule has 1 aromatic rings. The first-order valence-corrected chi connectivity index (χ1v) is 3.60. The molecule has 14 heavy (non-hydrogen) atoms. The second-order valence-electron chi connectivity index (χ2n) is 2.60. The van der Waals surface area contributed by atoms with Gasteiger partial charge in [-0.25, -0.2) is 8.78 Å². The Balaban J connectivity index is 3.42. The van der Waals surface area contributed by atoms with E-state index in [1.165, 1.54) is 0 Å². The van der Waals surface area contributed by atoms with E-state index in [2.05, 4.69) is 0 Å². The van der Waals surface area contributed by atoms with Crippen molar-refractivity contribution in [3.05, 3.63) is 37.8 Å². The van der Waals surface area contributed by atoms with E-state index in [0.717, 1.165) is 6.92 Å². The number of rotatable bonds is 2. The van der Waals surface area contributed by atoms with Crippen molar-refractivity contribution < 1.29 is 13.7 Å². The van der Waals surface area contributed by atoms with Crippen LogP contribution in [0.2, 0.25) is 0 Å². The van der Waals surface area contributed by atoms with E-state index in [1.54, 1.807) is 0 Å². The van der Waals surface area contributed by atoms with Gasteiger partial charge in [-0.05, 0) is 6.92 Å². The molecule has 0 saturated carbocycles. The summed E-state index contributed by atoms with van der Waals surface area (Å²) >= 11 is 0. The molecule has 7 heteroatoms. The average Bonchev–Trinajstić information content (AvgIpc) is 2.08. The first-order valence-electron chi connectivity index (χ1n) is 3.60. The summed E-state index contributed by atoms with van der Waals surface area (Å²) in [5.74, 6) is 0. The van der Waals surface area contributed by atoms with Crippen LogP contribution in [0.15, 0.2) is 11.0 Å². The third-order valence-corrected chi connectivity index (χ3v) is 1.76. The Labute approximate surface area is 76.5 Å². The van der Waals surface area contributed by atoms with Gasteiger partial charge >= 0.3 is 5.69 Å². The second-order valence-corrected chi connectivity index (χ2v) is 2.60. The molecule has 0 atom stereocenters. The fourth-order valence-electron chi connectivity index (χ4n) is 0.997. The molecular weight excluding hydrogens is 198 g/mol. The topological polar surface area (TPSA) is 76.0 Å². The zero-order valence-corrected chi connectivity index (χ0v) is 7.08. The van der Waals surface area contributed by atoms with Crippen LogP contribution in [0.3, 0.4) is 0 Å². The lowest BCUT2D eigenvalue weighted by Crippen LogP contribution is -2.14. The summed E-state index contributed by atoms with van der Waals surface area (Å²) in [4.78, 5) is 22.5. The molecule has 0 saturated heterocycles. The van der Waals surface area contributed by atoms with Crippen molar-refractivity contribution in [3.63, 3.8) is 0 Å². The first-order chi connectivity index (χ1) is 6.45. The summed E-state index contributed by atoms with van der Waals surface area (Å²) in [7, 11) is 0. The van der Waals surface area contributed by atoms with Crippen LogP contribution in [0.5, 0.6) is 0 Å². The maximum absolute atomic E-state index is 12.2. The van der Waals surface area contributed by atoms with Gasteiger partial charge in [0.2, 0.25) is 0 Å². The van der Waals surface area contributed by atoms with Gasteiger partial charge in [-0.3, -0.25) is 14.9 Å². The molecule has 0 aliphatic rings. The largest absolute Gasteiger partial charge is 0.354 e. The quantitative estimate of drug-likeness (QED) is 0.586. The van der Waals surface area contributed by atoms with E-state index in [0.29, 0.717) is 6.20 Å². The number of aromatic amines is 1. The van der Waals surface area contributed by atoms with Gasteiger partial charge in [0.05, 0.1) is 16.8 Å². The average molecular weight is 204 g/mol. The van der Waals surface area contributed by atoms with Crippen molar-refractivity contribution in [2.75, 3.05) is 0 Å². The van der Waals surface area contributed by atoms with Crippen LogP contribution in [0.1, 0.15) is 17.7 Å². The van der Waals surface area contributed by atoms with Crippen LogP contribution in [-0.4, -0.2) is 9.91 Å². The molecule has 0 fully saturated rings. The van der Waals surface area contributed by atoms with E-state index in [4.69, 9.17) is 0 Å². The Morgan fingerprint density at radius 1 is 1.57 bits per heavy atom. The fourth-order valence-corrected chi connectivity index (χ4v) is 0.997. The molecule has 1 aromatic heterocycles. The van der Waals surface area contributed by atoms with Crippen molar-refractivity contribution in [1.82, 2.24) is 4.98 Å². The molecule has 0 unspecified atom stereocenters. The Morgan fingerprint density at radius 3 is 2.57 bits per heavy atom. The number of nitrogens with zero attached hydrogens (tertiary/aromatic N) is 1. The Bertz CT molecular complexity index is 427. The van der Waals surface area contributed by atoms with Crippen molar-refractivity contribution in [3.8, 4) is 0 Å². The Kier molecular flexibility index (Phi) is 2.59. The highest BCUT2D eigenvalue weighted by molar-refractivity contribution is 5.34. The minimum Gasteiger partial charge on any atom is -0.354 e. The summed E-state index contributed by atoms with van der Waals surface area (Å²) < 4.78 is 24.4. The summed E-state index contributed by atoms with van der Waals surface area (Å²) in [6.45, 7) is 1.12. The molecule has 0 aromatic carbocycles. The smallest absolute Gasteiger partial charge is 0.332 e. The maximum atomic E-state index is 12.2. The van der Waals surface area contributed by atoms with Gasteiger partial charge in [0.1, 0.15) is 0 Å². The SMILES string of the molecule is Cc1c(C(F)F)[nH]cc([N+](=O)[O-])c1=O. The number of pyridine rings is 1. The predicted octanol–water partition coefficient (Wildman–Crippen LogP) is 1.53. The zero-order valence-electron chi connectivity index (χ0n) is 7.08. The molecule has 0 spiro atoms. The van der Waals surface area contributed by atoms with Crippen LogP contribution < -0.4 is 5.43 Å². The minimum atomic E-state index is -2.84. The van der Waals surface area contributed by atoms with Gasteiger partial charge in [-0.2, -0.15) is 0 Å². The van der Waals surface area contributed by atoms with E-state index < -0.39 is 28.2 Å². The van der Waals surface area contributed by atoms with Gasteiger partial charge in [-0.1, -0.05) is 0 Å². The van der Waals surface area contributed by atoms with Crippen LogP contribution in [0.25, 0.3) is 0 Å². The Morgan fingerprint density at radius 2 is 2.14 bits per heavy atom. The lowest BCUT2D eigenvalue weighted by molar-refractivity contribution is -0.386. The normalized spacial score (nSPS) is 10.6. The van der Waals surface area contributed by atoms with Crippen LogP contribution in [0.4, 0.5) is 14.5 Å². The number of nitro groups is 1. The van der Waals surface area contributed by atoms with Crippen LogP contribution >= 0.6 is 0 Å². The van der Waals surface area contributed by atoms with Gasteiger partial charge < -0.3 is 4.98 Å². The molecule has 0 bridgehead atoms. The van der Waals surface area contributed by atoms with E-state index in [9.17, 15) is 23.7 Å². The number of halogens is 2. The highest BCUT2D eigenvalue weighted by Crippen LogP contribution is 2.19. The number of alkyl halides is 2. The van der Waals surface area contributed by atoms with Crippen LogP contribution in [0, 0.1) is 17.0 Å². The van der Waals surface area contributed by atoms with Gasteiger partial charge in [0, 0.05) is 5.56 Å². The van der Waals surface area contributed by atoms with Crippen molar-refractivity contribution in [2.24, 2.45) is 0 Å². The lowest BCUT2D eigenvalue weighted by Gasteiger charge is -2.02. The lowest BCUT2D eigenvalue weighted by atomic mass is 10.2. The highest BCUT2D eigenvalue weighted by Gasteiger charge is 2.20. The number of nitrogens with one attached hydrogen (secondary N) is 1. The standard InChI is InChI=1S/C7H6F2N2O3/c1-3-5(7(8)9)10-2-4(6(3)12)11(13)14/h2,7H,1H3,(H,10,12). The van der Waals surface area contributed by atoms with Gasteiger partial charge in [0.15, 0.2) is 0 Å². The summed E-state index contributed by atoms with van der Waals surface area (Å²) in [5, 5.41) is 10.3. The van der Waals surface area contributed by atoms with Crippen molar-refractivity contribution >= 4 is 5.69 Å². The monoisotopic (exact) mass is 204 g/mol. The van der Waals surface area contributed by atoms with Gasteiger partial charge in [0.25, 0.3) is 11.9 Å². The Hall–Kier alpha value is -1.79. The number of H-pyrrole nitrogens is 1. The fraction of sp³-hybridized carbons (Fsp3) is 0.286. The molecule has 0 radical (unpaired) electrons. The number of aromatic nitrogens is 1. The van der Waals surface area contributed by atoms with E-state index >= 15 is 0 Å². The highest BCUT2D eigenvalue weighted by atomic mass is 19.3. The first kappa shape index (κ1) is 10.3.